The van der Waals surface area contributed by atoms with Crippen LogP contribution < -0.4 is 10.9 Å². The first-order chi connectivity index (χ1) is 14.1. The third kappa shape index (κ3) is 4.99. The van der Waals surface area contributed by atoms with Crippen LogP contribution in [0.15, 0.2) is 40.2 Å². The molecule has 0 saturated heterocycles. The normalized spacial score (nSPS) is 15.4. The zero-order chi connectivity index (χ0) is 22.1. The molecule has 2 aromatic rings. The molecule has 9 heteroatoms. The van der Waals surface area contributed by atoms with Gasteiger partial charge in [-0.2, -0.15) is 0 Å². The molecule has 1 aromatic carbocycles. The average Bonchev–Trinajstić information content (AvgIpc) is 3.07. The molecule has 0 fully saturated rings. The van der Waals surface area contributed by atoms with Crippen LogP contribution in [0.3, 0.4) is 0 Å². The Hall–Kier alpha value is -2.45. The number of ether oxygens (including phenoxy) is 2. The van der Waals surface area contributed by atoms with Gasteiger partial charge in [-0.15, -0.1) is 11.8 Å². The van der Waals surface area contributed by atoms with Crippen molar-refractivity contribution in [2.75, 3.05) is 12.9 Å². The van der Waals surface area contributed by atoms with Gasteiger partial charge in [-0.3, -0.25) is 4.79 Å². The minimum atomic E-state index is -0.665. The highest BCUT2D eigenvalue weighted by molar-refractivity contribution is 7.99. The minimum absolute atomic E-state index is 0.247. The van der Waals surface area contributed by atoms with E-state index in [2.05, 4.69) is 5.32 Å². The van der Waals surface area contributed by atoms with Crippen molar-refractivity contribution in [2.45, 2.75) is 43.9 Å². The van der Waals surface area contributed by atoms with Gasteiger partial charge in [-0.1, -0.05) is 23.7 Å². The van der Waals surface area contributed by atoms with Crippen LogP contribution in [0.1, 0.15) is 48.3 Å². The molecule has 30 heavy (non-hydrogen) atoms. The van der Waals surface area contributed by atoms with Gasteiger partial charge in [0.15, 0.2) is 0 Å². The van der Waals surface area contributed by atoms with E-state index in [9.17, 15) is 14.4 Å². The number of aromatic nitrogens is 1. The fourth-order valence-electron chi connectivity index (χ4n) is 3.11. The van der Waals surface area contributed by atoms with Gasteiger partial charge in [-0.05, 0) is 38.5 Å². The maximum absolute atomic E-state index is 13.3. The molecule has 0 unspecified atom stereocenters. The molecule has 1 aliphatic rings. The zero-order valence-corrected chi connectivity index (χ0v) is 18.7. The smallest absolute Gasteiger partial charge is 0.408 e. The molecular formula is C21H23ClN2O5S. The molecular weight excluding hydrogens is 428 g/mol. The Morgan fingerprint density at radius 2 is 1.93 bits per heavy atom. The number of carbonyl (C=O) groups is 2. The first-order valence-electron chi connectivity index (χ1n) is 9.31. The highest BCUT2D eigenvalue weighted by Gasteiger charge is 2.34. The van der Waals surface area contributed by atoms with E-state index in [1.54, 1.807) is 32.9 Å². The third-order valence-corrected chi connectivity index (χ3v) is 5.85. The Morgan fingerprint density at radius 1 is 1.27 bits per heavy atom. The molecule has 1 amide bonds. The van der Waals surface area contributed by atoms with Crippen molar-refractivity contribution < 1.29 is 19.1 Å². The van der Waals surface area contributed by atoms with Crippen molar-refractivity contribution in [2.24, 2.45) is 0 Å². The minimum Gasteiger partial charge on any atom is -0.465 e. The second kappa shape index (κ2) is 8.73. The molecule has 1 N–H and O–H groups in total. The van der Waals surface area contributed by atoms with E-state index in [0.717, 1.165) is 5.56 Å². The summed E-state index contributed by atoms with van der Waals surface area (Å²) in [6.07, 6.45) is 0.887. The van der Waals surface area contributed by atoms with Crippen LogP contribution in [0.2, 0.25) is 5.02 Å². The number of amides is 1. The number of nitrogens with zero attached hydrogens (tertiary/aromatic N) is 1. The lowest BCUT2D eigenvalue weighted by molar-refractivity contribution is 0.0508. The Morgan fingerprint density at radius 3 is 2.53 bits per heavy atom. The number of hydrogen-bond donors (Lipinski definition) is 1. The number of nitrogens with one attached hydrogen (secondary N) is 1. The molecule has 1 aliphatic heterocycles. The highest BCUT2D eigenvalue weighted by Crippen LogP contribution is 2.39. The number of rotatable bonds is 4. The summed E-state index contributed by atoms with van der Waals surface area (Å²) < 4.78 is 11.7. The van der Waals surface area contributed by atoms with Crippen LogP contribution in [0.5, 0.6) is 0 Å². The SMILES string of the molecule is COC(=O)c1cn(Cc2ccc(Cl)cc2)c(=O)c2c1SC[C@@H]2NC(=O)OC(C)(C)C. The fourth-order valence-corrected chi connectivity index (χ4v) is 4.49. The second-order valence-electron chi connectivity index (χ2n) is 7.85. The van der Waals surface area contributed by atoms with Crippen LogP contribution in [-0.4, -0.2) is 35.1 Å². The average molecular weight is 451 g/mol. The van der Waals surface area contributed by atoms with Gasteiger partial charge in [0.2, 0.25) is 0 Å². The van der Waals surface area contributed by atoms with Crippen LogP contribution >= 0.6 is 23.4 Å². The Bertz CT molecular complexity index is 1030. The Kier molecular flexibility index (Phi) is 6.47. The Labute approximate surface area is 183 Å². The molecule has 0 saturated carbocycles. The first-order valence-corrected chi connectivity index (χ1v) is 10.7. The summed E-state index contributed by atoms with van der Waals surface area (Å²) in [5.74, 6) is -0.125. The van der Waals surface area contributed by atoms with Gasteiger partial charge in [0.1, 0.15) is 5.60 Å². The summed E-state index contributed by atoms with van der Waals surface area (Å²) in [6, 6.07) is 6.52. The standard InChI is InChI=1S/C21H23ClN2O5S/c1-21(2,3)29-20(27)23-15-11-30-17-14(19(26)28-4)10-24(18(25)16(15)17)9-12-5-7-13(22)8-6-12/h5-8,10,15H,9,11H2,1-4H3,(H,23,27)/t15-/m0/s1. The summed E-state index contributed by atoms with van der Waals surface area (Å²) in [7, 11) is 1.29. The van der Waals surface area contributed by atoms with Crippen molar-refractivity contribution in [3.05, 3.63) is 62.5 Å². The Balaban J connectivity index is 2.00. The zero-order valence-electron chi connectivity index (χ0n) is 17.2. The van der Waals surface area contributed by atoms with Gasteiger partial charge in [-0.25, -0.2) is 9.59 Å². The summed E-state index contributed by atoms with van der Waals surface area (Å²) in [6.45, 7) is 5.53. The lowest BCUT2D eigenvalue weighted by atomic mass is 10.1. The third-order valence-electron chi connectivity index (χ3n) is 4.37. The predicted molar refractivity (Wildman–Crippen MR) is 115 cm³/mol. The van der Waals surface area contributed by atoms with E-state index in [0.29, 0.717) is 26.8 Å². The number of fused-ring (bicyclic) bond motifs is 1. The molecule has 3 rings (SSSR count). The molecule has 0 bridgehead atoms. The molecule has 1 aromatic heterocycles. The van der Waals surface area contributed by atoms with Gasteiger partial charge in [0.05, 0.1) is 30.8 Å². The quantitative estimate of drug-likeness (QED) is 0.708. The molecule has 0 aliphatic carbocycles. The number of benzene rings is 1. The van der Waals surface area contributed by atoms with Crippen molar-refractivity contribution in [1.82, 2.24) is 9.88 Å². The second-order valence-corrected chi connectivity index (χ2v) is 9.31. The van der Waals surface area contributed by atoms with E-state index in [4.69, 9.17) is 21.1 Å². The first kappa shape index (κ1) is 22.2. The number of carbonyl (C=O) groups excluding carboxylic acids is 2. The topological polar surface area (TPSA) is 86.6 Å². The van der Waals surface area contributed by atoms with E-state index >= 15 is 0 Å². The van der Waals surface area contributed by atoms with Gasteiger partial charge in [0, 0.05) is 21.9 Å². The highest BCUT2D eigenvalue weighted by atomic mass is 35.5. The van der Waals surface area contributed by atoms with E-state index in [-0.39, 0.29) is 12.1 Å². The van der Waals surface area contributed by atoms with E-state index in [1.807, 2.05) is 12.1 Å². The molecule has 160 valence electrons. The largest absolute Gasteiger partial charge is 0.465 e. The van der Waals surface area contributed by atoms with Crippen LogP contribution in [0.4, 0.5) is 4.79 Å². The van der Waals surface area contributed by atoms with Gasteiger partial charge < -0.3 is 19.4 Å². The van der Waals surface area contributed by atoms with Crippen molar-refractivity contribution >= 4 is 35.4 Å². The number of methoxy groups -OCH3 is 1. The van der Waals surface area contributed by atoms with E-state index in [1.165, 1.54) is 29.6 Å². The van der Waals surface area contributed by atoms with Gasteiger partial charge in [0.25, 0.3) is 5.56 Å². The van der Waals surface area contributed by atoms with Gasteiger partial charge >= 0.3 is 12.1 Å². The summed E-state index contributed by atoms with van der Waals surface area (Å²) in [4.78, 5) is 38.4. The lowest BCUT2D eigenvalue weighted by Crippen LogP contribution is -2.38. The maximum Gasteiger partial charge on any atom is 0.408 e. The molecule has 1 atom stereocenters. The number of pyridine rings is 1. The predicted octanol–water partition coefficient (Wildman–Crippen LogP) is 4.01. The fraction of sp³-hybridized carbons (Fsp3) is 0.381. The molecule has 7 nitrogen and oxygen atoms in total. The van der Waals surface area contributed by atoms with E-state index < -0.39 is 23.7 Å². The van der Waals surface area contributed by atoms with Crippen LogP contribution in [0.25, 0.3) is 0 Å². The van der Waals surface area contributed by atoms with Crippen LogP contribution in [-0.2, 0) is 16.0 Å². The summed E-state index contributed by atoms with van der Waals surface area (Å²) >= 11 is 7.27. The summed E-state index contributed by atoms with van der Waals surface area (Å²) in [5, 5.41) is 3.34. The summed E-state index contributed by atoms with van der Waals surface area (Å²) in [5.41, 5.74) is 0.557. The maximum atomic E-state index is 13.3. The van der Waals surface area contributed by atoms with Crippen molar-refractivity contribution in [1.29, 1.82) is 0 Å². The number of esters is 1. The number of thioether (sulfide) groups is 1. The number of halogens is 1. The van der Waals surface area contributed by atoms with Crippen molar-refractivity contribution in [3.8, 4) is 0 Å². The molecule has 0 radical (unpaired) electrons. The van der Waals surface area contributed by atoms with Crippen molar-refractivity contribution in [3.63, 3.8) is 0 Å². The lowest BCUT2D eigenvalue weighted by Gasteiger charge is -2.22. The number of hydrogen-bond acceptors (Lipinski definition) is 6. The molecule has 0 spiro atoms. The molecule has 2 heterocycles. The monoisotopic (exact) mass is 450 g/mol. The number of alkyl carbamates (subject to hydrolysis) is 1. The van der Waals surface area contributed by atoms with Crippen LogP contribution in [0, 0.1) is 0 Å².